The maximum Gasteiger partial charge on any atom is 0.426 e. The third-order valence-electron chi connectivity index (χ3n) is 5.85. The van der Waals surface area contributed by atoms with Gasteiger partial charge in [0.2, 0.25) is 0 Å². The number of aliphatic carboxylic acids is 1. The molecule has 1 fully saturated rings. The number of carbonyl (C=O) groups excluding carboxylic acids is 1. The molecule has 2 atom stereocenters. The van der Waals surface area contributed by atoms with Crippen molar-refractivity contribution in [1.82, 2.24) is 0 Å². The molecule has 0 aromatic heterocycles. The molecule has 154 valence electrons. The maximum atomic E-state index is 13.3. The fraction of sp³-hybridized carbons (Fsp3) is 0.318. The summed E-state index contributed by atoms with van der Waals surface area (Å²) in [4.78, 5) is 12.4. The van der Waals surface area contributed by atoms with E-state index in [0.717, 1.165) is 0 Å². The summed E-state index contributed by atoms with van der Waals surface area (Å²) in [6.07, 6.45) is -4.23. The van der Waals surface area contributed by atoms with Crippen molar-refractivity contribution >= 4 is 17.6 Å². The van der Waals surface area contributed by atoms with Crippen molar-refractivity contribution in [2.24, 2.45) is 10.8 Å². The molecule has 2 aromatic carbocycles. The van der Waals surface area contributed by atoms with Crippen LogP contribution in [-0.4, -0.2) is 17.7 Å². The van der Waals surface area contributed by atoms with Crippen LogP contribution in [0.25, 0.3) is 0 Å². The van der Waals surface area contributed by atoms with Crippen molar-refractivity contribution in [2.45, 2.75) is 32.0 Å². The molecule has 0 spiro atoms. The van der Waals surface area contributed by atoms with Gasteiger partial charge in [0.25, 0.3) is 0 Å². The van der Waals surface area contributed by atoms with Crippen LogP contribution < -0.4 is 9.84 Å². The SMILES string of the molecule is CC1(C)C(C=C(Cl)C(F)(F)F)(Oc2ccccc2)C1(Cc1ccccc1)C(=O)[O-]. The number of benzene rings is 2. The molecule has 3 nitrogen and oxygen atoms in total. The van der Waals surface area contributed by atoms with E-state index in [1.807, 2.05) is 0 Å². The van der Waals surface area contributed by atoms with Crippen molar-refractivity contribution in [2.75, 3.05) is 0 Å². The van der Waals surface area contributed by atoms with Gasteiger partial charge in [-0.3, -0.25) is 0 Å². The minimum atomic E-state index is -4.84. The minimum absolute atomic E-state index is 0.0749. The molecule has 2 aromatic rings. The number of halogens is 4. The van der Waals surface area contributed by atoms with Gasteiger partial charge in [-0.1, -0.05) is 74.0 Å². The summed E-state index contributed by atoms with van der Waals surface area (Å²) in [5.41, 5.74) is -4.22. The van der Waals surface area contributed by atoms with Crippen molar-refractivity contribution in [3.63, 3.8) is 0 Å². The van der Waals surface area contributed by atoms with Gasteiger partial charge in [-0.25, -0.2) is 0 Å². The smallest absolute Gasteiger partial charge is 0.426 e. The molecule has 0 radical (unpaired) electrons. The van der Waals surface area contributed by atoms with E-state index in [2.05, 4.69) is 0 Å². The first kappa shape index (κ1) is 21.2. The highest BCUT2D eigenvalue weighted by molar-refractivity contribution is 6.30. The van der Waals surface area contributed by atoms with Crippen molar-refractivity contribution in [3.05, 3.63) is 77.3 Å². The van der Waals surface area contributed by atoms with E-state index in [4.69, 9.17) is 16.3 Å². The number of hydrogen-bond donors (Lipinski definition) is 0. The molecule has 0 amide bonds. The number of carbonyl (C=O) groups is 1. The van der Waals surface area contributed by atoms with Crippen molar-refractivity contribution < 1.29 is 27.8 Å². The van der Waals surface area contributed by atoms with E-state index in [1.165, 1.54) is 0 Å². The quantitative estimate of drug-likeness (QED) is 0.687. The van der Waals surface area contributed by atoms with Gasteiger partial charge >= 0.3 is 6.18 Å². The van der Waals surface area contributed by atoms with Crippen LogP contribution in [0.5, 0.6) is 5.75 Å². The summed E-state index contributed by atoms with van der Waals surface area (Å²) in [5, 5.41) is 11.0. The first-order valence-corrected chi connectivity index (χ1v) is 9.31. The summed E-state index contributed by atoms with van der Waals surface area (Å²) in [6.45, 7) is 3.09. The summed E-state index contributed by atoms with van der Waals surface area (Å²) >= 11 is 5.55. The number of alkyl halides is 3. The predicted octanol–water partition coefficient (Wildman–Crippen LogP) is 4.51. The second-order valence-corrected chi connectivity index (χ2v) is 8.03. The molecule has 0 aliphatic heterocycles. The molecule has 7 heteroatoms. The van der Waals surface area contributed by atoms with E-state index >= 15 is 0 Å². The minimum Gasteiger partial charge on any atom is -0.549 e. The normalized spacial score (nSPS) is 26.1. The molecule has 2 unspecified atom stereocenters. The van der Waals surface area contributed by atoms with Gasteiger partial charge in [-0.05, 0) is 30.2 Å². The van der Waals surface area contributed by atoms with Crippen LogP contribution in [0.3, 0.4) is 0 Å². The van der Waals surface area contributed by atoms with Crippen molar-refractivity contribution in [1.29, 1.82) is 0 Å². The Hall–Kier alpha value is -2.47. The molecule has 29 heavy (non-hydrogen) atoms. The molecule has 0 N–H and O–H groups in total. The number of hydrogen-bond acceptors (Lipinski definition) is 3. The average molecular weight is 424 g/mol. The van der Waals surface area contributed by atoms with Crippen LogP contribution in [-0.2, 0) is 11.2 Å². The second kappa shape index (κ2) is 7.10. The third-order valence-corrected chi connectivity index (χ3v) is 6.17. The van der Waals surface area contributed by atoms with Gasteiger partial charge in [0.05, 0.1) is 11.4 Å². The number of para-hydroxylation sites is 1. The third kappa shape index (κ3) is 3.29. The highest BCUT2D eigenvalue weighted by atomic mass is 35.5. The summed E-state index contributed by atoms with van der Waals surface area (Å²) in [7, 11) is 0. The molecule has 0 bridgehead atoms. The summed E-state index contributed by atoms with van der Waals surface area (Å²) in [5.74, 6) is -1.26. The van der Waals surface area contributed by atoms with Crippen molar-refractivity contribution in [3.8, 4) is 5.75 Å². The first-order valence-electron chi connectivity index (χ1n) is 8.93. The van der Waals surface area contributed by atoms with Gasteiger partial charge in [-0.15, -0.1) is 0 Å². The lowest BCUT2D eigenvalue weighted by Gasteiger charge is -2.26. The molecule has 1 aliphatic carbocycles. The lowest BCUT2D eigenvalue weighted by atomic mass is 9.88. The Labute approximate surface area is 171 Å². The van der Waals surface area contributed by atoms with Crippen LogP contribution in [0.2, 0.25) is 0 Å². The van der Waals surface area contributed by atoms with Gasteiger partial charge in [0, 0.05) is 5.41 Å². The number of carboxylic acids is 1. The lowest BCUT2D eigenvalue weighted by molar-refractivity contribution is -0.316. The van der Waals surface area contributed by atoms with E-state index < -0.39 is 33.6 Å². The number of carboxylic acid groups (broad SMARTS) is 1. The van der Waals surface area contributed by atoms with Gasteiger partial charge < -0.3 is 14.6 Å². The largest absolute Gasteiger partial charge is 0.549 e. The second-order valence-electron chi connectivity index (χ2n) is 7.62. The molecule has 1 aliphatic rings. The topological polar surface area (TPSA) is 49.4 Å². The standard InChI is InChI=1S/C22H20ClF3O3/c1-19(2)20(18(27)28,13-15-9-5-3-6-10-15)21(19,14-17(23)22(24,25)26)29-16-11-7-4-8-12-16/h3-12,14H,13H2,1-2H3,(H,27,28)/p-1. The monoisotopic (exact) mass is 423 g/mol. The summed E-state index contributed by atoms with van der Waals surface area (Å²) in [6, 6.07) is 16.7. The number of rotatable bonds is 6. The van der Waals surface area contributed by atoms with Gasteiger partial charge in [0.1, 0.15) is 16.4 Å². The zero-order valence-electron chi connectivity index (χ0n) is 15.8. The zero-order valence-corrected chi connectivity index (χ0v) is 16.6. The lowest BCUT2D eigenvalue weighted by Crippen LogP contribution is -2.42. The maximum absolute atomic E-state index is 13.3. The fourth-order valence-corrected chi connectivity index (χ4v) is 4.33. The Morgan fingerprint density at radius 1 is 1.07 bits per heavy atom. The fourth-order valence-electron chi connectivity index (χ4n) is 4.17. The molecule has 0 heterocycles. The number of allylic oxidation sites excluding steroid dienone is 1. The highest BCUT2D eigenvalue weighted by Crippen LogP contribution is 2.75. The Kier molecular flexibility index (Phi) is 5.20. The van der Waals surface area contributed by atoms with E-state index in [1.54, 1.807) is 74.5 Å². The van der Waals surface area contributed by atoms with Crippen LogP contribution >= 0.6 is 11.6 Å². The Morgan fingerprint density at radius 2 is 1.59 bits per heavy atom. The average Bonchev–Trinajstić information content (AvgIpc) is 3.05. The van der Waals surface area contributed by atoms with Crippen LogP contribution in [0.15, 0.2) is 71.8 Å². The van der Waals surface area contributed by atoms with E-state index in [9.17, 15) is 23.1 Å². The molecule has 0 saturated heterocycles. The van der Waals surface area contributed by atoms with Gasteiger partial charge in [0.15, 0.2) is 0 Å². The predicted molar refractivity (Wildman–Crippen MR) is 101 cm³/mol. The van der Waals surface area contributed by atoms with E-state index in [0.29, 0.717) is 11.6 Å². The Morgan fingerprint density at radius 3 is 2.07 bits per heavy atom. The first-order chi connectivity index (χ1) is 13.5. The molecule has 1 saturated carbocycles. The zero-order chi connectivity index (χ0) is 21.5. The van der Waals surface area contributed by atoms with Crippen LogP contribution in [0.1, 0.15) is 19.4 Å². The van der Waals surface area contributed by atoms with E-state index in [-0.39, 0.29) is 12.2 Å². The van der Waals surface area contributed by atoms with Gasteiger partial charge in [-0.2, -0.15) is 13.2 Å². The summed E-state index contributed by atoms with van der Waals surface area (Å²) < 4.78 is 45.7. The highest BCUT2D eigenvalue weighted by Gasteiger charge is 2.85. The van der Waals surface area contributed by atoms with Crippen LogP contribution in [0.4, 0.5) is 13.2 Å². The molecular weight excluding hydrogens is 405 g/mol. The Bertz CT molecular complexity index is 925. The number of ether oxygens (including phenoxy) is 1. The molecule has 3 rings (SSSR count). The Balaban J connectivity index is 2.18. The molecular formula is C22H19ClF3O3-. The van der Waals surface area contributed by atoms with Crippen LogP contribution in [0, 0.1) is 10.8 Å².